The van der Waals surface area contributed by atoms with Gasteiger partial charge >= 0.3 is 6.18 Å². The molecule has 0 bridgehead atoms. The van der Waals surface area contributed by atoms with Crippen molar-refractivity contribution in [3.8, 4) is 5.75 Å². The number of amides is 1. The summed E-state index contributed by atoms with van der Waals surface area (Å²) in [6.07, 6.45) is -5.93. The van der Waals surface area contributed by atoms with Crippen LogP contribution in [0, 0.1) is 5.82 Å². The van der Waals surface area contributed by atoms with Crippen molar-refractivity contribution in [2.45, 2.75) is 31.7 Å². The van der Waals surface area contributed by atoms with E-state index in [1.807, 2.05) is 5.32 Å². The van der Waals surface area contributed by atoms with Crippen LogP contribution in [0.25, 0.3) is 0 Å². The second-order valence-electron chi connectivity index (χ2n) is 6.33. The van der Waals surface area contributed by atoms with Crippen molar-refractivity contribution >= 4 is 11.6 Å². The Hall–Kier alpha value is -3.10. The summed E-state index contributed by atoms with van der Waals surface area (Å²) in [4.78, 5) is 17.4. The third-order valence-electron chi connectivity index (χ3n) is 4.28. The van der Waals surface area contributed by atoms with Crippen molar-refractivity contribution in [1.82, 2.24) is 5.32 Å². The number of halogens is 4. The number of oxime groups is 1. The maximum atomic E-state index is 13.5. The van der Waals surface area contributed by atoms with Crippen molar-refractivity contribution < 1.29 is 31.9 Å². The van der Waals surface area contributed by atoms with Gasteiger partial charge in [0.2, 0.25) is 6.10 Å². The lowest BCUT2D eigenvalue weighted by Gasteiger charge is -2.23. The Morgan fingerprint density at radius 1 is 1.21 bits per heavy atom. The Morgan fingerprint density at radius 2 is 1.86 bits per heavy atom. The third-order valence-corrected chi connectivity index (χ3v) is 4.28. The van der Waals surface area contributed by atoms with Crippen LogP contribution in [0.3, 0.4) is 0 Å². The molecular formula is C20H18F4N2O3. The van der Waals surface area contributed by atoms with Gasteiger partial charge in [-0.3, -0.25) is 4.79 Å². The molecule has 2 unspecified atom stereocenters. The number of nitrogens with zero attached hydrogens (tertiary/aromatic N) is 1. The Morgan fingerprint density at radius 3 is 2.45 bits per heavy atom. The Balaban J connectivity index is 1.69. The average Bonchev–Trinajstić information content (AvgIpc) is 3.17. The van der Waals surface area contributed by atoms with Crippen molar-refractivity contribution in [2.75, 3.05) is 6.61 Å². The largest absolute Gasteiger partial charge is 0.494 e. The molecule has 29 heavy (non-hydrogen) atoms. The molecule has 1 aliphatic rings. The molecule has 0 fully saturated rings. The van der Waals surface area contributed by atoms with Gasteiger partial charge in [0.1, 0.15) is 11.6 Å². The highest BCUT2D eigenvalue weighted by Crippen LogP contribution is 2.34. The highest BCUT2D eigenvalue weighted by molar-refractivity contribution is 6.04. The summed E-state index contributed by atoms with van der Waals surface area (Å²) >= 11 is 0. The Bertz CT molecular complexity index is 880. The van der Waals surface area contributed by atoms with E-state index in [0.29, 0.717) is 23.6 Å². The van der Waals surface area contributed by atoms with Crippen LogP contribution in [0.5, 0.6) is 5.75 Å². The lowest BCUT2D eigenvalue weighted by atomic mass is 10.0. The molecule has 0 aromatic heterocycles. The maximum Gasteiger partial charge on any atom is 0.412 e. The minimum Gasteiger partial charge on any atom is -0.494 e. The highest BCUT2D eigenvalue weighted by Gasteiger charge is 2.43. The first-order valence-electron chi connectivity index (χ1n) is 8.86. The summed E-state index contributed by atoms with van der Waals surface area (Å²) in [5, 5.41) is 5.73. The summed E-state index contributed by atoms with van der Waals surface area (Å²) in [5.74, 6) is -0.951. The van der Waals surface area contributed by atoms with Crippen LogP contribution in [-0.2, 0) is 9.63 Å². The molecule has 3 rings (SSSR count). The van der Waals surface area contributed by atoms with Crippen molar-refractivity contribution in [1.29, 1.82) is 0 Å². The molecule has 1 N–H and O–H groups in total. The zero-order chi connectivity index (χ0) is 21.0. The summed E-state index contributed by atoms with van der Waals surface area (Å²) in [6, 6.07) is 8.46. The first kappa shape index (κ1) is 20.6. The lowest BCUT2D eigenvalue weighted by molar-refractivity contribution is -0.166. The second-order valence-corrected chi connectivity index (χ2v) is 6.33. The quantitative estimate of drug-likeness (QED) is 0.729. The van der Waals surface area contributed by atoms with Gasteiger partial charge in [0.15, 0.2) is 6.04 Å². The molecular weight excluding hydrogens is 392 g/mol. The smallest absolute Gasteiger partial charge is 0.412 e. The predicted molar refractivity (Wildman–Crippen MR) is 97.0 cm³/mol. The number of hydrogen-bond acceptors (Lipinski definition) is 4. The summed E-state index contributed by atoms with van der Waals surface area (Å²) in [5.41, 5.74) is 0.752. The number of ether oxygens (including phenoxy) is 1. The van der Waals surface area contributed by atoms with E-state index in [9.17, 15) is 22.4 Å². The molecule has 2 aromatic rings. The van der Waals surface area contributed by atoms with Gasteiger partial charge in [-0.15, -0.1) is 0 Å². The van der Waals surface area contributed by atoms with Crippen molar-refractivity contribution in [3.05, 3.63) is 65.5 Å². The minimum absolute atomic E-state index is 0.0225. The number of carbonyl (C=O) groups is 1. The molecule has 1 amide bonds. The Kier molecular flexibility index (Phi) is 6.05. The average molecular weight is 410 g/mol. The predicted octanol–water partition coefficient (Wildman–Crippen LogP) is 4.14. The van der Waals surface area contributed by atoms with Crippen LogP contribution in [-0.4, -0.2) is 30.5 Å². The SMILES string of the molecule is CCOc1ccc(C(NC(=O)C2CC(c3ccc(F)cc3)=NO2)C(F)(F)F)cc1. The van der Waals surface area contributed by atoms with Gasteiger partial charge in [-0.25, -0.2) is 4.39 Å². The van der Waals surface area contributed by atoms with E-state index < -0.39 is 30.0 Å². The third kappa shape index (κ3) is 5.04. The van der Waals surface area contributed by atoms with E-state index in [2.05, 4.69) is 5.16 Å². The first-order valence-corrected chi connectivity index (χ1v) is 8.86. The minimum atomic E-state index is -4.71. The van der Waals surface area contributed by atoms with E-state index in [4.69, 9.17) is 9.57 Å². The van der Waals surface area contributed by atoms with E-state index in [1.165, 1.54) is 48.5 Å². The molecule has 9 heteroatoms. The van der Waals surface area contributed by atoms with Crippen LogP contribution in [0.1, 0.15) is 30.5 Å². The molecule has 0 saturated carbocycles. The molecule has 0 saturated heterocycles. The highest BCUT2D eigenvalue weighted by atomic mass is 19.4. The summed E-state index contributed by atoms with van der Waals surface area (Å²) in [7, 11) is 0. The first-order chi connectivity index (χ1) is 13.8. The zero-order valence-electron chi connectivity index (χ0n) is 15.4. The van der Waals surface area contributed by atoms with Crippen molar-refractivity contribution in [3.63, 3.8) is 0 Å². The number of carbonyl (C=O) groups excluding carboxylic acids is 1. The number of alkyl halides is 3. The van der Waals surface area contributed by atoms with Gasteiger partial charge in [-0.05, 0) is 42.3 Å². The Labute approximate surface area is 164 Å². The summed E-state index contributed by atoms with van der Waals surface area (Å²) < 4.78 is 58.8. The second kappa shape index (κ2) is 8.50. The van der Waals surface area contributed by atoms with E-state index >= 15 is 0 Å². The molecule has 2 atom stereocenters. The fourth-order valence-corrected chi connectivity index (χ4v) is 2.84. The van der Waals surface area contributed by atoms with Crippen LogP contribution in [0.15, 0.2) is 53.7 Å². The molecule has 5 nitrogen and oxygen atoms in total. The van der Waals surface area contributed by atoms with Gasteiger partial charge in [-0.2, -0.15) is 13.2 Å². The number of benzene rings is 2. The normalized spacial score (nSPS) is 17.3. The number of hydrogen-bond donors (Lipinski definition) is 1. The van der Waals surface area contributed by atoms with Gasteiger partial charge in [0.25, 0.3) is 5.91 Å². The maximum absolute atomic E-state index is 13.5. The van der Waals surface area contributed by atoms with E-state index in [-0.39, 0.29) is 12.0 Å². The molecule has 154 valence electrons. The monoisotopic (exact) mass is 410 g/mol. The zero-order valence-corrected chi connectivity index (χ0v) is 15.4. The van der Waals surface area contributed by atoms with Gasteiger partial charge in [0.05, 0.1) is 12.3 Å². The van der Waals surface area contributed by atoms with Crippen LogP contribution < -0.4 is 10.1 Å². The van der Waals surface area contributed by atoms with Crippen LogP contribution in [0.2, 0.25) is 0 Å². The fraction of sp³-hybridized carbons (Fsp3) is 0.300. The van der Waals surface area contributed by atoms with Gasteiger partial charge < -0.3 is 14.9 Å². The summed E-state index contributed by atoms with van der Waals surface area (Å²) in [6.45, 7) is 2.14. The lowest BCUT2D eigenvalue weighted by Crippen LogP contribution is -2.43. The molecule has 1 aliphatic heterocycles. The van der Waals surface area contributed by atoms with Crippen molar-refractivity contribution in [2.24, 2.45) is 5.16 Å². The van der Waals surface area contributed by atoms with Gasteiger partial charge in [0, 0.05) is 6.42 Å². The number of nitrogens with one attached hydrogen (secondary N) is 1. The van der Waals surface area contributed by atoms with E-state index in [0.717, 1.165) is 0 Å². The topological polar surface area (TPSA) is 59.9 Å². The van der Waals surface area contributed by atoms with Crippen LogP contribution >= 0.6 is 0 Å². The number of rotatable bonds is 6. The molecule has 0 spiro atoms. The van der Waals surface area contributed by atoms with E-state index in [1.54, 1.807) is 6.92 Å². The fourth-order valence-electron chi connectivity index (χ4n) is 2.84. The molecule has 1 heterocycles. The standard InChI is InChI=1S/C20H18F4N2O3/c1-2-28-15-9-5-13(6-10-15)18(20(22,23)24)25-19(27)17-11-16(26-29-17)12-3-7-14(21)8-4-12/h3-10,17-18H,2,11H2,1H3,(H,25,27). The molecule has 2 aromatic carbocycles. The molecule has 0 radical (unpaired) electrons. The molecule has 0 aliphatic carbocycles. The van der Waals surface area contributed by atoms with Gasteiger partial charge in [-0.1, -0.05) is 29.4 Å². The van der Waals surface area contributed by atoms with Crippen LogP contribution in [0.4, 0.5) is 17.6 Å².